The van der Waals surface area contributed by atoms with Gasteiger partial charge in [-0.05, 0) is 13.0 Å². The Morgan fingerprint density at radius 1 is 1.32 bits per heavy atom. The van der Waals surface area contributed by atoms with Crippen LogP contribution in [0.5, 0.6) is 0 Å². The van der Waals surface area contributed by atoms with E-state index < -0.39 is 11.6 Å². The molecule has 0 aromatic carbocycles. The molecule has 0 unspecified atom stereocenters. The van der Waals surface area contributed by atoms with Crippen LogP contribution in [-0.4, -0.2) is 26.3 Å². The number of halogens is 1. The lowest BCUT2D eigenvalue weighted by molar-refractivity contribution is 0.0893. The normalized spacial score (nSPS) is 10.5. The molecule has 19 heavy (non-hydrogen) atoms. The molecule has 0 aliphatic carbocycles. The van der Waals surface area contributed by atoms with Gasteiger partial charge in [0.15, 0.2) is 11.6 Å². The summed E-state index contributed by atoms with van der Waals surface area (Å²) in [5.41, 5.74) is 1.06. The molecule has 0 aliphatic heterocycles. The molecule has 0 bridgehead atoms. The maximum Gasteiger partial charge on any atom is 0.174 e. The molecule has 0 saturated heterocycles. The van der Waals surface area contributed by atoms with Crippen molar-refractivity contribution in [3.63, 3.8) is 0 Å². The van der Waals surface area contributed by atoms with Crippen LogP contribution >= 0.6 is 0 Å². The number of carbonyl (C=O) groups is 2. The van der Waals surface area contributed by atoms with E-state index in [1.165, 1.54) is 10.9 Å². The van der Waals surface area contributed by atoms with Crippen LogP contribution in [0.3, 0.4) is 0 Å². The maximum absolute atomic E-state index is 12.9. The summed E-state index contributed by atoms with van der Waals surface area (Å²) in [6, 6.07) is 1.07. The lowest BCUT2D eigenvalue weighted by Crippen LogP contribution is -2.09. The van der Waals surface area contributed by atoms with E-state index >= 15 is 0 Å². The Kier molecular flexibility index (Phi) is 3.50. The molecular weight excluding hydrogens is 249 g/mol. The van der Waals surface area contributed by atoms with Crippen LogP contribution in [0.1, 0.15) is 32.8 Å². The number of nitrogens with zero attached hydrogens (tertiary/aromatic N) is 3. The third-order valence-corrected chi connectivity index (χ3v) is 2.66. The number of ketones is 2. The van der Waals surface area contributed by atoms with E-state index in [4.69, 9.17) is 0 Å². The summed E-state index contributed by atoms with van der Waals surface area (Å²) < 4.78 is 14.5. The van der Waals surface area contributed by atoms with Crippen molar-refractivity contribution in [1.29, 1.82) is 0 Å². The fourth-order valence-corrected chi connectivity index (χ4v) is 1.78. The zero-order valence-electron chi connectivity index (χ0n) is 10.6. The van der Waals surface area contributed by atoms with E-state index in [1.54, 1.807) is 20.2 Å². The quantitative estimate of drug-likeness (QED) is 0.621. The molecule has 5 nitrogen and oxygen atoms in total. The third-order valence-electron chi connectivity index (χ3n) is 2.66. The lowest BCUT2D eigenvalue weighted by atomic mass is 10.0. The molecule has 0 aliphatic rings. The van der Waals surface area contributed by atoms with E-state index in [-0.39, 0.29) is 17.8 Å². The van der Waals surface area contributed by atoms with Crippen molar-refractivity contribution in [2.75, 3.05) is 0 Å². The fraction of sp³-hybridized carbons (Fsp3) is 0.231. The molecule has 2 rings (SSSR count). The van der Waals surface area contributed by atoms with E-state index in [1.807, 2.05) is 0 Å². The first-order chi connectivity index (χ1) is 8.97. The van der Waals surface area contributed by atoms with Gasteiger partial charge in [0, 0.05) is 25.0 Å². The highest BCUT2D eigenvalue weighted by atomic mass is 19.1. The first-order valence-electron chi connectivity index (χ1n) is 5.64. The Morgan fingerprint density at radius 3 is 2.63 bits per heavy atom. The minimum Gasteiger partial charge on any atom is -0.294 e. The molecule has 0 saturated carbocycles. The van der Waals surface area contributed by atoms with E-state index in [2.05, 4.69) is 10.1 Å². The third kappa shape index (κ3) is 2.90. The minimum atomic E-state index is -0.601. The summed E-state index contributed by atoms with van der Waals surface area (Å²) in [5.74, 6) is -1.39. The Labute approximate surface area is 109 Å². The van der Waals surface area contributed by atoms with E-state index in [0.29, 0.717) is 11.3 Å². The highest BCUT2D eigenvalue weighted by molar-refractivity contribution is 6.13. The average molecular weight is 261 g/mol. The number of aromatic nitrogens is 3. The van der Waals surface area contributed by atoms with Gasteiger partial charge in [-0.3, -0.25) is 19.3 Å². The minimum absolute atomic E-state index is 0.0925. The number of hydrogen-bond donors (Lipinski definition) is 0. The maximum atomic E-state index is 12.9. The number of carbonyl (C=O) groups excluding carboxylic acids is 2. The van der Waals surface area contributed by atoms with Crippen LogP contribution in [0.4, 0.5) is 4.39 Å². The van der Waals surface area contributed by atoms with E-state index in [9.17, 15) is 14.0 Å². The van der Waals surface area contributed by atoms with Gasteiger partial charge in [-0.1, -0.05) is 0 Å². The van der Waals surface area contributed by atoms with Gasteiger partial charge in [-0.2, -0.15) is 5.10 Å². The summed E-state index contributed by atoms with van der Waals surface area (Å²) in [5, 5.41) is 4.04. The lowest BCUT2D eigenvalue weighted by Gasteiger charge is -2.00. The predicted molar refractivity (Wildman–Crippen MR) is 65.4 cm³/mol. The molecule has 6 heteroatoms. The molecular formula is C13H12FN3O2. The van der Waals surface area contributed by atoms with Crippen molar-refractivity contribution in [2.45, 2.75) is 13.3 Å². The summed E-state index contributed by atoms with van der Waals surface area (Å²) in [6.07, 6.45) is 3.49. The van der Waals surface area contributed by atoms with E-state index in [0.717, 1.165) is 12.3 Å². The highest BCUT2D eigenvalue weighted by Crippen LogP contribution is 2.11. The van der Waals surface area contributed by atoms with Crippen LogP contribution in [0.15, 0.2) is 24.7 Å². The van der Waals surface area contributed by atoms with Gasteiger partial charge in [0.2, 0.25) is 0 Å². The number of pyridine rings is 1. The van der Waals surface area contributed by atoms with Gasteiger partial charge in [-0.25, -0.2) is 4.39 Å². The second kappa shape index (κ2) is 5.09. The van der Waals surface area contributed by atoms with Gasteiger partial charge in [-0.15, -0.1) is 0 Å². The smallest absolute Gasteiger partial charge is 0.174 e. The SMILES string of the molecule is Cc1nn(C)cc1C(=O)CC(=O)c1cncc(F)c1. The largest absolute Gasteiger partial charge is 0.294 e. The fourth-order valence-electron chi connectivity index (χ4n) is 1.78. The first kappa shape index (κ1) is 13.1. The van der Waals surface area contributed by atoms with Crippen molar-refractivity contribution >= 4 is 11.6 Å². The number of aryl methyl sites for hydroxylation is 2. The molecule has 0 amide bonds. The Hall–Kier alpha value is -2.37. The monoisotopic (exact) mass is 261 g/mol. The zero-order valence-corrected chi connectivity index (χ0v) is 10.6. The summed E-state index contributed by atoms with van der Waals surface area (Å²) in [7, 11) is 1.70. The molecule has 2 aromatic rings. The number of rotatable bonds is 4. The molecule has 0 radical (unpaired) electrons. The summed E-state index contributed by atoms with van der Waals surface area (Å²) >= 11 is 0. The molecule has 0 N–H and O–H groups in total. The number of Topliss-reactive ketones (excluding diaryl/α,β-unsaturated/α-hetero) is 2. The van der Waals surface area contributed by atoms with Crippen LogP contribution in [-0.2, 0) is 7.05 Å². The van der Waals surface area contributed by atoms with Crippen LogP contribution in [0, 0.1) is 12.7 Å². The second-order valence-corrected chi connectivity index (χ2v) is 4.22. The van der Waals surface area contributed by atoms with Crippen molar-refractivity contribution in [3.8, 4) is 0 Å². The number of hydrogen-bond acceptors (Lipinski definition) is 4. The van der Waals surface area contributed by atoms with Crippen LogP contribution < -0.4 is 0 Å². The summed E-state index contributed by atoms with van der Waals surface area (Å²) in [4.78, 5) is 27.4. The van der Waals surface area contributed by atoms with Gasteiger partial charge in [0.05, 0.1) is 23.9 Å². The Morgan fingerprint density at radius 2 is 2.05 bits per heavy atom. The molecule has 0 fully saturated rings. The van der Waals surface area contributed by atoms with Crippen molar-refractivity contribution in [3.05, 3.63) is 47.3 Å². The summed E-state index contributed by atoms with van der Waals surface area (Å²) in [6.45, 7) is 1.70. The predicted octanol–water partition coefficient (Wildman–Crippen LogP) is 1.72. The van der Waals surface area contributed by atoms with Crippen molar-refractivity contribution in [2.24, 2.45) is 7.05 Å². The molecule has 2 heterocycles. The highest BCUT2D eigenvalue weighted by Gasteiger charge is 2.18. The average Bonchev–Trinajstić information content (AvgIpc) is 2.68. The van der Waals surface area contributed by atoms with Gasteiger partial charge >= 0.3 is 0 Å². The standard InChI is InChI=1S/C13H12FN3O2/c1-8-11(7-17(2)16-8)13(19)4-12(18)9-3-10(14)6-15-5-9/h3,5-7H,4H2,1-2H3. The molecule has 0 spiro atoms. The second-order valence-electron chi connectivity index (χ2n) is 4.22. The molecule has 98 valence electrons. The topological polar surface area (TPSA) is 64.8 Å². The van der Waals surface area contributed by atoms with Crippen molar-refractivity contribution < 1.29 is 14.0 Å². The molecule has 2 aromatic heterocycles. The Bertz CT molecular complexity index is 649. The van der Waals surface area contributed by atoms with Gasteiger partial charge in [0.25, 0.3) is 0 Å². The van der Waals surface area contributed by atoms with Crippen LogP contribution in [0.25, 0.3) is 0 Å². The van der Waals surface area contributed by atoms with Crippen molar-refractivity contribution in [1.82, 2.24) is 14.8 Å². The zero-order chi connectivity index (χ0) is 14.0. The first-order valence-corrected chi connectivity index (χ1v) is 5.64. The molecule has 0 atom stereocenters. The van der Waals surface area contributed by atoms with Gasteiger partial charge in [0.1, 0.15) is 5.82 Å². The van der Waals surface area contributed by atoms with Gasteiger partial charge < -0.3 is 0 Å². The Balaban J connectivity index is 2.15. The van der Waals surface area contributed by atoms with Crippen LogP contribution in [0.2, 0.25) is 0 Å².